The van der Waals surface area contributed by atoms with Gasteiger partial charge in [0.05, 0.1) is 11.4 Å². The molecule has 0 fully saturated rings. The Kier molecular flexibility index (Phi) is 8.08. The average Bonchev–Trinajstić information content (AvgIpc) is 3.57. The van der Waals surface area contributed by atoms with E-state index in [0.717, 1.165) is 66.2 Å². The minimum absolute atomic E-state index is 0.613. The molecule has 9 aromatic rings. The zero-order valence-corrected chi connectivity index (χ0v) is 30.8. The van der Waals surface area contributed by atoms with Gasteiger partial charge in [0.2, 0.25) is 8.07 Å². The van der Waals surface area contributed by atoms with Gasteiger partial charge in [0.15, 0.2) is 17.5 Å². The third kappa shape index (κ3) is 5.68. The second-order valence-electron chi connectivity index (χ2n) is 13.7. The van der Waals surface area contributed by atoms with Gasteiger partial charge in [0.25, 0.3) is 0 Å². The molecular formula is C49H33N5Si. The normalized spacial score (nSPS) is 12.5. The van der Waals surface area contributed by atoms with Gasteiger partial charge in [0.1, 0.15) is 0 Å². The maximum Gasteiger partial charge on any atom is 0.224 e. The topological polar surface area (TPSA) is 64.5 Å². The minimum Gasteiger partial charge on any atom is -0.256 e. The van der Waals surface area contributed by atoms with Crippen LogP contribution < -0.4 is 21.0 Å². The molecule has 0 spiro atoms. The van der Waals surface area contributed by atoms with Gasteiger partial charge in [-0.3, -0.25) is 9.97 Å². The smallest absolute Gasteiger partial charge is 0.224 e. The number of aromatic nitrogens is 5. The SMILES string of the molecule is c1ccc(-c2ccc3c(n2)[Si](c2ccccc2)(c2cccc(-c4nc(-c5ccccc5)nc(-c5ccccc5)n4)c2)c2nc(-c4ccccc4)ccc2-3)cc1. The molecule has 0 saturated heterocycles. The predicted octanol–water partition coefficient (Wildman–Crippen LogP) is 8.35. The summed E-state index contributed by atoms with van der Waals surface area (Å²) in [7, 11) is -3.17. The van der Waals surface area contributed by atoms with Gasteiger partial charge in [-0.2, -0.15) is 0 Å². The van der Waals surface area contributed by atoms with Crippen LogP contribution in [0, 0.1) is 0 Å². The predicted molar refractivity (Wildman–Crippen MR) is 225 cm³/mol. The van der Waals surface area contributed by atoms with Crippen LogP contribution in [0.2, 0.25) is 0 Å². The van der Waals surface area contributed by atoms with Crippen LogP contribution in [0.3, 0.4) is 0 Å². The van der Waals surface area contributed by atoms with Crippen molar-refractivity contribution in [1.82, 2.24) is 24.9 Å². The van der Waals surface area contributed by atoms with Gasteiger partial charge in [-0.25, -0.2) is 15.0 Å². The quantitative estimate of drug-likeness (QED) is 0.155. The number of nitrogens with zero attached hydrogens (tertiary/aromatic N) is 5. The van der Waals surface area contributed by atoms with Crippen LogP contribution in [0.15, 0.2) is 200 Å². The van der Waals surface area contributed by atoms with E-state index in [9.17, 15) is 0 Å². The first-order chi connectivity index (χ1) is 27.3. The summed E-state index contributed by atoms with van der Waals surface area (Å²) < 4.78 is 0. The highest BCUT2D eigenvalue weighted by atomic mass is 28.3. The molecule has 1 aliphatic heterocycles. The Bertz CT molecular complexity index is 2650. The summed E-state index contributed by atoms with van der Waals surface area (Å²) >= 11 is 0. The molecule has 0 radical (unpaired) electrons. The summed E-state index contributed by atoms with van der Waals surface area (Å²) in [6.07, 6.45) is 0. The van der Waals surface area contributed by atoms with Crippen LogP contribution in [0.4, 0.5) is 0 Å². The molecular weight excluding hydrogens is 687 g/mol. The maximum absolute atomic E-state index is 5.64. The van der Waals surface area contributed by atoms with Crippen molar-refractivity contribution in [2.75, 3.05) is 0 Å². The Morgan fingerprint density at radius 1 is 0.273 bits per heavy atom. The molecule has 10 rings (SSSR count). The average molecular weight is 720 g/mol. The van der Waals surface area contributed by atoms with E-state index in [0.29, 0.717) is 17.5 Å². The largest absolute Gasteiger partial charge is 0.256 e. The highest BCUT2D eigenvalue weighted by Gasteiger charge is 2.52. The monoisotopic (exact) mass is 719 g/mol. The Balaban J connectivity index is 1.25. The van der Waals surface area contributed by atoms with E-state index in [1.54, 1.807) is 0 Å². The van der Waals surface area contributed by atoms with Crippen molar-refractivity contribution in [3.8, 4) is 67.8 Å². The van der Waals surface area contributed by atoms with Crippen molar-refractivity contribution < 1.29 is 0 Å². The van der Waals surface area contributed by atoms with E-state index >= 15 is 0 Å². The number of fused-ring (bicyclic) bond motifs is 3. The molecule has 0 unspecified atom stereocenters. The highest BCUT2D eigenvalue weighted by Crippen LogP contribution is 2.32. The van der Waals surface area contributed by atoms with E-state index in [1.165, 1.54) is 5.19 Å². The molecule has 6 aromatic carbocycles. The molecule has 55 heavy (non-hydrogen) atoms. The lowest BCUT2D eigenvalue weighted by atomic mass is 10.1. The first kappa shape index (κ1) is 32.5. The molecule has 0 N–H and O–H groups in total. The van der Waals surface area contributed by atoms with Crippen LogP contribution in [0.1, 0.15) is 0 Å². The Morgan fingerprint density at radius 3 is 1.09 bits per heavy atom. The summed E-state index contributed by atoms with van der Waals surface area (Å²) in [5.74, 6) is 1.87. The molecule has 258 valence electrons. The number of rotatable bonds is 7. The van der Waals surface area contributed by atoms with Crippen LogP contribution >= 0.6 is 0 Å². The lowest BCUT2D eigenvalue weighted by molar-refractivity contribution is 1.07. The molecule has 0 amide bonds. The third-order valence-corrected chi connectivity index (χ3v) is 14.9. The number of pyridine rings is 2. The third-order valence-electron chi connectivity index (χ3n) is 10.4. The minimum atomic E-state index is -3.17. The molecule has 1 aliphatic rings. The Labute approximate surface area is 320 Å². The summed E-state index contributed by atoms with van der Waals surface area (Å²) in [5, 5.41) is 4.54. The highest BCUT2D eigenvalue weighted by molar-refractivity contribution is 7.21. The van der Waals surface area contributed by atoms with Crippen LogP contribution in [0.5, 0.6) is 0 Å². The lowest BCUT2D eigenvalue weighted by Gasteiger charge is -2.30. The fraction of sp³-hybridized carbons (Fsp3) is 0. The number of benzene rings is 6. The van der Waals surface area contributed by atoms with Crippen molar-refractivity contribution in [2.45, 2.75) is 0 Å². The number of hydrogen-bond donors (Lipinski definition) is 0. The molecule has 4 heterocycles. The van der Waals surface area contributed by atoms with Crippen molar-refractivity contribution >= 4 is 29.1 Å². The number of hydrogen-bond acceptors (Lipinski definition) is 5. The van der Waals surface area contributed by atoms with Gasteiger partial charge in [0, 0.05) is 49.6 Å². The van der Waals surface area contributed by atoms with E-state index in [4.69, 9.17) is 24.9 Å². The summed E-state index contributed by atoms with van der Waals surface area (Å²) in [6.45, 7) is 0. The molecule has 5 nitrogen and oxygen atoms in total. The fourth-order valence-electron chi connectivity index (χ4n) is 7.81. The standard InChI is InChI=1S/C49H33N5Si/c1-6-17-34(18-7-1)43-31-29-41-42-30-32-44(35-19-8-2-9-20-35)51-49(42)55(48(41)50-43,39-26-14-5-15-27-39)40-28-16-25-38(33-40)47-53-45(36-21-10-3-11-22-36)52-46(54-47)37-23-12-4-13-24-37/h1-33H. The van der Waals surface area contributed by atoms with Gasteiger partial charge in [-0.1, -0.05) is 188 Å². The van der Waals surface area contributed by atoms with Crippen LogP contribution in [-0.4, -0.2) is 33.0 Å². The van der Waals surface area contributed by atoms with Gasteiger partial charge in [-0.05, 0) is 22.5 Å². The van der Waals surface area contributed by atoms with Gasteiger partial charge in [-0.15, -0.1) is 0 Å². The molecule has 0 bridgehead atoms. The fourth-order valence-corrected chi connectivity index (χ4v) is 12.7. The van der Waals surface area contributed by atoms with Crippen molar-refractivity contribution in [3.63, 3.8) is 0 Å². The molecule has 6 heteroatoms. The van der Waals surface area contributed by atoms with Gasteiger partial charge < -0.3 is 0 Å². The summed E-state index contributed by atoms with van der Waals surface area (Å²) in [4.78, 5) is 26.5. The molecule has 3 aromatic heterocycles. The molecule has 0 aliphatic carbocycles. The Hall–Kier alpha value is -7.15. The zero-order chi connectivity index (χ0) is 36.6. The first-order valence-electron chi connectivity index (χ1n) is 18.4. The van der Waals surface area contributed by atoms with Crippen molar-refractivity contribution in [3.05, 3.63) is 200 Å². The summed E-state index contributed by atoms with van der Waals surface area (Å²) in [6, 6.07) is 69.6. The van der Waals surface area contributed by atoms with Crippen molar-refractivity contribution in [1.29, 1.82) is 0 Å². The molecule has 0 saturated carbocycles. The second kappa shape index (κ2) is 13.7. The summed E-state index contributed by atoms with van der Waals surface area (Å²) in [5.41, 5.74) is 9.07. The van der Waals surface area contributed by atoms with E-state index in [-0.39, 0.29) is 0 Å². The first-order valence-corrected chi connectivity index (χ1v) is 20.4. The Morgan fingerprint density at radius 2 is 0.636 bits per heavy atom. The zero-order valence-electron chi connectivity index (χ0n) is 29.8. The van der Waals surface area contributed by atoms with E-state index in [2.05, 4.69) is 127 Å². The maximum atomic E-state index is 5.64. The van der Waals surface area contributed by atoms with E-state index in [1.807, 2.05) is 72.8 Å². The van der Waals surface area contributed by atoms with Crippen molar-refractivity contribution in [2.24, 2.45) is 0 Å². The van der Waals surface area contributed by atoms with Crippen LogP contribution in [0.25, 0.3) is 67.8 Å². The second-order valence-corrected chi connectivity index (χ2v) is 17.3. The lowest BCUT2D eigenvalue weighted by Crippen LogP contribution is -2.74. The van der Waals surface area contributed by atoms with Gasteiger partial charge >= 0.3 is 0 Å². The van der Waals surface area contributed by atoms with E-state index < -0.39 is 8.07 Å². The molecule has 0 atom stereocenters. The van der Waals surface area contributed by atoms with Crippen LogP contribution in [-0.2, 0) is 0 Å².